The Kier molecular flexibility index (Phi) is 8.52. The lowest BCUT2D eigenvalue weighted by Crippen LogP contribution is -2.16. The minimum Gasteiger partial charge on any atom is -0.383 e. The average Bonchev–Trinajstić information content (AvgIpc) is 2.78. The summed E-state index contributed by atoms with van der Waals surface area (Å²) in [5.41, 5.74) is 12.0. The maximum atomic E-state index is 8.31. The van der Waals surface area contributed by atoms with Crippen LogP contribution in [0.15, 0.2) is 103 Å². The van der Waals surface area contributed by atoms with Gasteiger partial charge in [-0.3, -0.25) is 5.41 Å². The van der Waals surface area contributed by atoms with E-state index in [-0.39, 0.29) is 5.84 Å². The molecule has 0 unspecified atom stereocenters. The normalized spacial score (nSPS) is 12.8. The third kappa shape index (κ3) is 5.89. The van der Waals surface area contributed by atoms with Crippen LogP contribution < -0.4 is 5.73 Å². The van der Waals surface area contributed by atoms with Crippen molar-refractivity contribution in [3.05, 3.63) is 120 Å². The van der Waals surface area contributed by atoms with E-state index in [2.05, 4.69) is 31.2 Å². The molecule has 0 saturated carbocycles. The van der Waals surface area contributed by atoms with E-state index in [0.717, 1.165) is 34.3 Å². The van der Waals surface area contributed by atoms with E-state index in [1.807, 2.05) is 79.8 Å². The summed E-state index contributed by atoms with van der Waals surface area (Å²) in [5.74, 6) is 0.447. The van der Waals surface area contributed by atoms with E-state index in [0.29, 0.717) is 11.4 Å². The fourth-order valence-electron chi connectivity index (χ4n) is 2.97. The van der Waals surface area contributed by atoms with Gasteiger partial charge in [-0.15, -0.1) is 0 Å². The van der Waals surface area contributed by atoms with Gasteiger partial charge in [0, 0.05) is 11.1 Å². The molecule has 152 valence electrons. The van der Waals surface area contributed by atoms with E-state index < -0.39 is 0 Å². The molecule has 2 aromatic carbocycles. The fourth-order valence-corrected chi connectivity index (χ4v) is 2.97. The molecule has 0 aliphatic carbocycles. The van der Waals surface area contributed by atoms with Crippen LogP contribution in [-0.4, -0.2) is 11.7 Å². The second-order valence-electron chi connectivity index (χ2n) is 6.61. The van der Waals surface area contributed by atoms with Crippen LogP contribution in [0.2, 0.25) is 0 Å². The number of nitrogens with zero attached hydrogens (tertiary/aromatic N) is 1. The molecule has 3 N–H and O–H groups in total. The summed E-state index contributed by atoms with van der Waals surface area (Å²) in [7, 11) is 0. The number of benzene rings is 2. The maximum absolute atomic E-state index is 8.31. The van der Waals surface area contributed by atoms with E-state index in [4.69, 9.17) is 11.1 Å². The van der Waals surface area contributed by atoms with Crippen molar-refractivity contribution in [2.75, 3.05) is 0 Å². The first kappa shape index (κ1) is 22.6. The molecule has 0 amide bonds. The van der Waals surface area contributed by atoms with Gasteiger partial charge in [0.1, 0.15) is 5.84 Å². The Bertz CT molecular complexity index is 1010. The Morgan fingerprint density at radius 1 is 0.933 bits per heavy atom. The van der Waals surface area contributed by atoms with Gasteiger partial charge in [0.25, 0.3) is 0 Å². The molecule has 0 aromatic heterocycles. The zero-order valence-electron chi connectivity index (χ0n) is 17.7. The predicted molar refractivity (Wildman–Crippen MR) is 132 cm³/mol. The third-order valence-electron chi connectivity index (χ3n) is 4.60. The fraction of sp³-hybridized carbons (Fsp3) is 0.111. The first-order valence-electron chi connectivity index (χ1n) is 9.96. The van der Waals surface area contributed by atoms with Crippen molar-refractivity contribution in [2.45, 2.75) is 20.3 Å². The van der Waals surface area contributed by atoms with E-state index in [9.17, 15) is 0 Å². The van der Waals surface area contributed by atoms with Crippen LogP contribution in [0.3, 0.4) is 0 Å². The summed E-state index contributed by atoms with van der Waals surface area (Å²) in [6.07, 6.45) is 12.6. The molecule has 30 heavy (non-hydrogen) atoms. The van der Waals surface area contributed by atoms with Crippen LogP contribution in [0.25, 0.3) is 11.1 Å². The van der Waals surface area contributed by atoms with Crippen molar-refractivity contribution >= 4 is 22.8 Å². The lowest BCUT2D eigenvalue weighted by molar-refractivity contribution is 1.23. The second-order valence-corrected chi connectivity index (χ2v) is 6.61. The number of amidine groups is 2. The highest BCUT2D eigenvalue weighted by atomic mass is 14.9. The summed E-state index contributed by atoms with van der Waals surface area (Å²) in [6.45, 7) is 11.7. The Hall–Kier alpha value is -3.72. The Labute approximate surface area is 179 Å². The lowest BCUT2D eigenvalue weighted by Gasteiger charge is -2.07. The smallest absolute Gasteiger partial charge is 0.154 e. The predicted octanol–water partition coefficient (Wildman–Crippen LogP) is 6.54. The minimum atomic E-state index is 0.129. The molecule has 0 atom stereocenters. The summed E-state index contributed by atoms with van der Waals surface area (Å²) in [6, 6.07) is 15.5. The van der Waals surface area contributed by atoms with E-state index in [1.165, 1.54) is 0 Å². The molecule has 0 aliphatic heterocycles. The first-order chi connectivity index (χ1) is 14.5. The molecule has 2 aromatic rings. The van der Waals surface area contributed by atoms with E-state index >= 15 is 0 Å². The first-order valence-corrected chi connectivity index (χ1v) is 9.96. The van der Waals surface area contributed by atoms with Gasteiger partial charge in [0.05, 0.1) is 0 Å². The van der Waals surface area contributed by atoms with Gasteiger partial charge in [-0.05, 0) is 35.6 Å². The standard InChI is InChI=1S/C27H29N3/c1-5-9-11-21(8-4)23-14-18-25(19-15-23)27(29)30-26(28)24-16-12-22(13-17-24)20(7-3)10-6-2/h5,7-19H,1,3,6H2,2,4H3,(H3,28,29,30)/b11-9-,20-10+,21-8+. The van der Waals surface area contributed by atoms with E-state index in [1.54, 1.807) is 6.08 Å². The van der Waals surface area contributed by atoms with Crippen LogP contribution >= 0.6 is 0 Å². The summed E-state index contributed by atoms with van der Waals surface area (Å²) in [4.78, 5) is 4.29. The van der Waals surface area contributed by atoms with Gasteiger partial charge in [-0.2, -0.15) is 0 Å². The van der Waals surface area contributed by atoms with Gasteiger partial charge < -0.3 is 5.73 Å². The van der Waals surface area contributed by atoms with Crippen molar-refractivity contribution in [1.82, 2.24) is 0 Å². The highest BCUT2D eigenvalue weighted by Crippen LogP contribution is 2.19. The van der Waals surface area contributed by atoms with Gasteiger partial charge in [-0.25, -0.2) is 4.99 Å². The topological polar surface area (TPSA) is 62.2 Å². The molecular formula is C27H29N3. The van der Waals surface area contributed by atoms with Gasteiger partial charge in [0.2, 0.25) is 0 Å². The molecule has 0 aliphatic rings. The number of allylic oxidation sites excluding steroid dienone is 8. The molecule has 0 fully saturated rings. The van der Waals surface area contributed by atoms with Crippen molar-refractivity contribution in [3.63, 3.8) is 0 Å². The summed E-state index contributed by atoms with van der Waals surface area (Å²) >= 11 is 0. The number of aliphatic imine (C=N–C) groups is 1. The molecule has 3 heteroatoms. The van der Waals surface area contributed by atoms with Crippen LogP contribution in [-0.2, 0) is 0 Å². The van der Waals surface area contributed by atoms with Crippen molar-refractivity contribution < 1.29 is 0 Å². The Morgan fingerprint density at radius 3 is 1.97 bits per heavy atom. The quantitative estimate of drug-likeness (QED) is 0.297. The molecule has 0 radical (unpaired) electrons. The monoisotopic (exact) mass is 395 g/mol. The Balaban J connectivity index is 2.19. The molecule has 3 nitrogen and oxygen atoms in total. The highest BCUT2D eigenvalue weighted by Gasteiger charge is 2.05. The summed E-state index contributed by atoms with van der Waals surface area (Å²) < 4.78 is 0. The van der Waals surface area contributed by atoms with Gasteiger partial charge in [-0.1, -0.05) is 105 Å². The highest BCUT2D eigenvalue weighted by molar-refractivity contribution is 6.09. The summed E-state index contributed by atoms with van der Waals surface area (Å²) in [5, 5.41) is 8.31. The molecule has 0 spiro atoms. The third-order valence-corrected chi connectivity index (χ3v) is 4.60. The number of hydrogen-bond donors (Lipinski definition) is 2. The van der Waals surface area contributed by atoms with Gasteiger partial charge in [0.15, 0.2) is 5.84 Å². The number of rotatable bonds is 8. The van der Waals surface area contributed by atoms with Gasteiger partial charge >= 0.3 is 0 Å². The molecule has 0 bridgehead atoms. The molecule has 0 saturated heterocycles. The average molecular weight is 396 g/mol. The molecule has 2 rings (SSSR count). The van der Waals surface area contributed by atoms with Crippen molar-refractivity contribution in [3.8, 4) is 0 Å². The number of hydrogen-bond acceptors (Lipinski definition) is 1. The molecule has 0 heterocycles. The minimum absolute atomic E-state index is 0.129. The van der Waals surface area contributed by atoms with Crippen LogP contribution in [0.1, 0.15) is 42.5 Å². The number of nitrogens with one attached hydrogen (secondary N) is 1. The molecular weight excluding hydrogens is 366 g/mol. The zero-order valence-corrected chi connectivity index (χ0v) is 17.7. The SMILES string of the molecule is C=C/C=C\C(=C/C)c1ccc(C(=N)N=C(N)c2ccc(/C(C=C)=C/CC)cc2)cc1. The van der Waals surface area contributed by atoms with Crippen LogP contribution in [0, 0.1) is 5.41 Å². The van der Waals surface area contributed by atoms with Crippen LogP contribution in [0.4, 0.5) is 0 Å². The van der Waals surface area contributed by atoms with Crippen LogP contribution in [0.5, 0.6) is 0 Å². The Morgan fingerprint density at radius 2 is 1.47 bits per heavy atom. The zero-order chi connectivity index (χ0) is 21.9. The maximum Gasteiger partial charge on any atom is 0.154 e. The lowest BCUT2D eigenvalue weighted by atomic mass is 10.0. The number of nitrogens with two attached hydrogens (primary N) is 1. The second kappa shape index (κ2) is 11.3. The van der Waals surface area contributed by atoms with Crippen molar-refractivity contribution in [2.24, 2.45) is 10.7 Å². The van der Waals surface area contributed by atoms with Crippen molar-refractivity contribution in [1.29, 1.82) is 5.41 Å². The largest absolute Gasteiger partial charge is 0.383 e.